The topological polar surface area (TPSA) is 27.7 Å². The first-order chi connectivity index (χ1) is 11.6. The van der Waals surface area contributed by atoms with Gasteiger partial charge in [0.15, 0.2) is 0 Å². The predicted octanol–water partition coefficient (Wildman–Crippen LogP) is 4.28. The van der Waals surface area contributed by atoms with Gasteiger partial charge in [-0.15, -0.1) is 0 Å². The van der Waals surface area contributed by atoms with E-state index < -0.39 is 5.60 Å². The van der Waals surface area contributed by atoms with Crippen LogP contribution < -0.4 is 10.2 Å². The van der Waals surface area contributed by atoms with E-state index >= 15 is 0 Å². The van der Waals surface area contributed by atoms with Gasteiger partial charge in [-0.25, -0.2) is 0 Å². The summed E-state index contributed by atoms with van der Waals surface area (Å²) in [6.45, 7) is 12.6. The van der Waals surface area contributed by atoms with E-state index in [4.69, 9.17) is 14.0 Å². The molecule has 0 saturated carbocycles. The summed E-state index contributed by atoms with van der Waals surface area (Å²) in [7, 11) is -0.387. The quantitative estimate of drug-likeness (QED) is 0.728. The maximum atomic E-state index is 6.34. The molecule has 0 unspecified atom stereocenters. The van der Waals surface area contributed by atoms with Gasteiger partial charge in [-0.05, 0) is 58.6 Å². The van der Waals surface area contributed by atoms with Crippen LogP contribution in [0.1, 0.15) is 47.1 Å². The smallest absolute Gasteiger partial charge is 0.482 e. The highest BCUT2D eigenvalue weighted by molar-refractivity contribution is 6.64. The van der Waals surface area contributed by atoms with Gasteiger partial charge >= 0.3 is 7.12 Å². The Bertz CT molecular complexity index is 823. The molecule has 1 saturated heterocycles. The summed E-state index contributed by atoms with van der Waals surface area (Å²) in [5.74, 6) is 0.906. The summed E-state index contributed by atoms with van der Waals surface area (Å²) < 4.78 is 18.9. The Morgan fingerprint density at radius 3 is 2.08 bits per heavy atom. The molecule has 4 rings (SSSR count). The van der Waals surface area contributed by atoms with E-state index in [1.54, 1.807) is 0 Å². The summed E-state index contributed by atoms with van der Waals surface area (Å²) in [5, 5.41) is 0. The molecule has 25 heavy (non-hydrogen) atoms. The number of hydrogen-bond acceptors (Lipinski definition) is 3. The minimum atomic E-state index is -0.399. The summed E-state index contributed by atoms with van der Waals surface area (Å²) in [5.41, 5.74) is 3.39. The largest absolute Gasteiger partial charge is 0.495 e. The van der Waals surface area contributed by atoms with Crippen molar-refractivity contribution in [1.82, 2.24) is 0 Å². The maximum Gasteiger partial charge on any atom is 0.495 e. The lowest BCUT2D eigenvalue weighted by Gasteiger charge is -2.36. The Balaban J connectivity index is 1.91. The standard InChI is InChI=1S/C21H25BO3/c1-19(2)15-11-9-12-16(22-24-20(3,4)21(5,6)25-22)18(15)14-10-7-8-13-17(14)23-19/h7-13H,1-6H3. The average molecular weight is 336 g/mol. The highest BCUT2D eigenvalue weighted by Crippen LogP contribution is 2.45. The zero-order valence-corrected chi connectivity index (χ0v) is 15.8. The van der Waals surface area contributed by atoms with Crippen molar-refractivity contribution in [3.63, 3.8) is 0 Å². The third-order valence-corrected chi connectivity index (χ3v) is 5.77. The first kappa shape index (κ1) is 16.7. The number of ether oxygens (including phenoxy) is 1. The second-order valence-electron chi connectivity index (χ2n) is 8.47. The van der Waals surface area contributed by atoms with Gasteiger partial charge in [0.2, 0.25) is 0 Å². The van der Waals surface area contributed by atoms with E-state index in [1.165, 1.54) is 11.1 Å². The highest BCUT2D eigenvalue weighted by atomic mass is 16.7. The zero-order valence-electron chi connectivity index (χ0n) is 15.8. The van der Waals surface area contributed by atoms with Crippen LogP contribution in [-0.4, -0.2) is 18.3 Å². The lowest BCUT2D eigenvalue weighted by Crippen LogP contribution is -2.41. The summed E-state index contributed by atoms with van der Waals surface area (Å²) in [4.78, 5) is 0. The molecule has 0 N–H and O–H groups in total. The molecule has 0 aliphatic carbocycles. The Morgan fingerprint density at radius 2 is 1.40 bits per heavy atom. The molecule has 2 aliphatic heterocycles. The lowest BCUT2D eigenvalue weighted by molar-refractivity contribution is 0.00578. The van der Waals surface area contributed by atoms with Gasteiger partial charge in [0.1, 0.15) is 11.4 Å². The molecule has 0 spiro atoms. The minimum Gasteiger partial charge on any atom is -0.482 e. The van der Waals surface area contributed by atoms with Crippen molar-refractivity contribution >= 4 is 12.6 Å². The molecule has 2 aromatic carbocycles. The van der Waals surface area contributed by atoms with Gasteiger partial charge in [0.05, 0.1) is 11.2 Å². The second kappa shape index (κ2) is 5.12. The third kappa shape index (κ3) is 2.43. The molecule has 130 valence electrons. The lowest BCUT2D eigenvalue weighted by atomic mass is 9.70. The molecule has 3 nitrogen and oxygen atoms in total. The number of para-hydroxylation sites is 1. The Morgan fingerprint density at radius 1 is 0.760 bits per heavy atom. The van der Waals surface area contributed by atoms with Crippen molar-refractivity contribution in [2.24, 2.45) is 0 Å². The van der Waals surface area contributed by atoms with Crippen LogP contribution in [0.15, 0.2) is 42.5 Å². The van der Waals surface area contributed by atoms with Gasteiger partial charge in [-0.3, -0.25) is 0 Å². The molecule has 2 heterocycles. The maximum absolute atomic E-state index is 6.34. The predicted molar refractivity (Wildman–Crippen MR) is 101 cm³/mol. The first-order valence-electron chi connectivity index (χ1n) is 8.90. The fraction of sp³-hybridized carbons (Fsp3) is 0.429. The van der Waals surface area contributed by atoms with Crippen LogP contribution in [0.3, 0.4) is 0 Å². The molecule has 0 radical (unpaired) electrons. The summed E-state index contributed by atoms with van der Waals surface area (Å²) in [6, 6.07) is 14.5. The third-order valence-electron chi connectivity index (χ3n) is 5.77. The van der Waals surface area contributed by atoms with Crippen molar-refractivity contribution < 1.29 is 14.0 Å². The number of hydrogen-bond donors (Lipinski definition) is 0. The summed E-state index contributed by atoms with van der Waals surface area (Å²) >= 11 is 0. The van der Waals surface area contributed by atoms with Crippen molar-refractivity contribution in [2.75, 3.05) is 0 Å². The Kier molecular flexibility index (Phi) is 3.42. The second-order valence-corrected chi connectivity index (χ2v) is 8.47. The van der Waals surface area contributed by atoms with Crippen molar-refractivity contribution in [1.29, 1.82) is 0 Å². The van der Waals surface area contributed by atoms with Crippen molar-refractivity contribution in [2.45, 2.75) is 58.3 Å². The normalized spacial score (nSPS) is 22.1. The average Bonchev–Trinajstić information content (AvgIpc) is 2.74. The molecule has 2 aromatic rings. The SMILES string of the molecule is CC1(C)Oc2ccccc2-c2c(B3OC(C)(C)C(C)(C)O3)cccc21. The molecule has 0 bridgehead atoms. The molecule has 4 heteroatoms. The van der Waals surface area contributed by atoms with E-state index in [1.807, 2.05) is 18.2 Å². The molecular formula is C21H25BO3. The van der Waals surface area contributed by atoms with Gasteiger partial charge in [0.25, 0.3) is 0 Å². The van der Waals surface area contributed by atoms with Gasteiger partial charge in [0, 0.05) is 11.1 Å². The fourth-order valence-corrected chi connectivity index (χ4v) is 3.63. The van der Waals surface area contributed by atoms with Crippen LogP contribution in [0.4, 0.5) is 0 Å². The van der Waals surface area contributed by atoms with Crippen LogP contribution >= 0.6 is 0 Å². The van der Waals surface area contributed by atoms with Gasteiger partial charge < -0.3 is 14.0 Å². The van der Waals surface area contributed by atoms with E-state index in [9.17, 15) is 0 Å². The highest BCUT2D eigenvalue weighted by Gasteiger charge is 2.53. The Labute approximate surface area is 150 Å². The first-order valence-corrected chi connectivity index (χ1v) is 8.90. The fourth-order valence-electron chi connectivity index (χ4n) is 3.63. The van der Waals surface area contributed by atoms with E-state index in [2.05, 4.69) is 65.8 Å². The molecule has 0 amide bonds. The van der Waals surface area contributed by atoms with Crippen LogP contribution in [0, 0.1) is 0 Å². The van der Waals surface area contributed by atoms with Crippen LogP contribution in [0.2, 0.25) is 0 Å². The van der Waals surface area contributed by atoms with Crippen molar-refractivity contribution in [3.05, 3.63) is 48.0 Å². The minimum absolute atomic E-state index is 0.361. The monoisotopic (exact) mass is 336 g/mol. The molecule has 2 aliphatic rings. The van der Waals surface area contributed by atoms with E-state index in [0.717, 1.165) is 16.8 Å². The van der Waals surface area contributed by atoms with E-state index in [-0.39, 0.29) is 18.3 Å². The van der Waals surface area contributed by atoms with Gasteiger partial charge in [-0.2, -0.15) is 0 Å². The van der Waals surface area contributed by atoms with Crippen LogP contribution in [0.5, 0.6) is 5.75 Å². The Hall–Kier alpha value is -1.78. The van der Waals surface area contributed by atoms with Crippen LogP contribution in [0.25, 0.3) is 11.1 Å². The number of benzene rings is 2. The van der Waals surface area contributed by atoms with E-state index in [0.29, 0.717) is 0 Å². The zero-order chi connectivity index (χ0) is 18.0. The molecule has 0 aromatic heterocycles. The molecule has 1 fully saturated rings. The number of rotatable bonds is 1. The van der Waals surface area contributed by atoms with Gasteiger partial charge in [-0.1, -0.05) is 36.4 Å². The molecule has 0 atom stereocenters. The summed E-state index contributed by atoms with van der Waals surface area (Å²) in [6.07, 6.45) is 0. The van der Waals surface area contributed by atoms with Crippen molar-refractivity contribution in [3.8, 4) is 16.9 Å². The van der Waals surface area contributed by atoms with Crippen LogP contribution in [-0.2, 0) is 14.9 Å². The molecular weight excluding hydrogens is 311 g/mol. The number of fused-ring (bicyclic) bond motifs is 3.